The second kappa shape index (κ2) is 7.10. The Morgan fingerprint density at radius 2 is 1.95 bits per heavy atom. The Labute approximate surface area is 128 Å². The number of aryl methyl sites for hydroxylation is 1. The zero-order chi connectivity index (χ0) is 14.5. The van der Waals surface area contributed by atoms with E-state index in [1.807, 2.05) is 0 Å². The number of thioether (sulfide) groups is 2. The number of carboxylic acids is 1. The molecule has 106 valence electrons. The first kappa shape index (κ1) is 15.3. The van der Waals surface area contributed by atoms with E-state index >= 15 is 0 Å². The lowest BCUT2D eigenvalue weighted by Gasteiger charge is -2.00. The van der Waals surface area contributed by atoms with Gasteiger partial charge in [0, 0.05) is 16.4 Å². The van der Waals surface area contributed by atoms with Crippen LogP contribution in [-0.4, -0.2) is 27.6 Å². The third-order valence-electron chi connectivity index (χ3n) is 2.36. The summed E-state index contributed by atoms with van der Waals surface area (Å²) in [7, 11) is 0. The van der Waals surface area contributed by atoms with Crippen LogP contribution in [0.2, 0.25) is 0 Å². The summed E-state index contributed by atoms with van der Waals surface area (Å²) >= 11 is 4.39. The van der Waals surface area contributed by atoms with Gasteiger partial charge in [-0.3, -0.25) is 0 Å². The van der Waals surface area contributed by atoms with Gasteiger partial charge in [0.25, 0.3) is 0 Å². The van der Waals surface area contributed by atoms with Crippen LogP contribution in [0, 0.1) is 12.7 Å². The Balaban J connectivity index is 1.80. The van der Waals surface area contributed by atoms with Crippen molar-refractivity contribution in [3.05, 3.63) is 40.7 Å². The molecule has 1 heterocycles. The molecule has 0 saturated carbocycles. The Bertz CT molecular complexity index is 598. The summed E-state index contributed by atoms with van der Waals surface area (Å²) in [5.41, 5.74) is 0.566. The van der Waals surface area contributed by atoms with Gasteiger partial charge in [-0.25, -0.2) is 14.2 Å². The van der Waals surface area contributed by atoms with Crippen LogP contribution in [0.5, 0.6) is 0 Å². The molecular weight excluding hydrogens is 317 g/mol. The van der Waals surface area contributed by atoms with Crippen LogP contribution in [0.25, 0.3) is 0 Å². The van der Waals surface area contributed by atoms with Gasteiger partial charge in [0.2, 0.25) is 0 Å². The van der Waals surface area contributed by atoms with Crippen LogP contribution in [0.15, 0.2) is 33.5 Å². The average Bonchev–Trinajstić information content (AvgIpc) is 2.78. The number of hydrogen-bond donors (Lipinski definition) is 1. The third kappa shape index (κ3) is 4.22. The molecule has 1 aromatic carbocycles. The van der Waals surface area contributed by atoms with Crippen LogP contribution in [0.1, 0.15) is 15.4 Å². The minimum absolute atomic E-state index is 0.233. The molecule has 0 bridgehead atoms. The predicted octanol–water partition coefficient (Wildman–Crippen LogP) is 4.17. The zero-order valence-electron chi connectivity index (χ0n) is 10.6. The highest BCUT2D eigenvalue weighted by Gasteiger charge is 2.13. The quantitative estimate of drug-likeness (QED) is 0.636. The highest BCUT2D eigenvalue weighted by atomic mass is 32.2. The summed E-state index contributed by atoms with van der Waals surface area (Å²) in [6.07, 6.45) is 0. The fourth-order valence-electron chi connectivity index (χ4n) is 1.45. The van der Waals surface area contributed by atoms with E-state index in [-0.39, 0.29) is 5.82 Å². The summed E-state index contributed by atoms with van der Waals surface area (Å²) in [5, 5.41) is 8.95. The van der Waals surface area contributed by atoms with Gasteiger partial charge < -0.3 is 5.11 Å². The van der Waals surface area contributed by atoms with Gasteiger partial charge in [-0.2, -0.15) is 0 Å². The number of benzene rings is 1. The number of thiazole rings is 1. The zero-order valence-corrected chi connectivity index (χ0v) is 13.1. The Morgan fingerprint density at radius 1 is 1.30 bits per heavy atom. The first-order valence-electron chi connectivity index (χ1n) is 5.78. The monoisotopic (exact) mass is 329 g/mol. The number of aromatic nitrogens is 1. The number of carboxylic acid groups (broad SMARTS) is 1. The predicted molar refractivity (Wildman–Crippen MR) is 81.7 cm³/mol. The lowest BCUT2D eigenvalue weighted by molar-refractivity contribution is 0.0701. The fraction of sp³-hybridized carbons (Fsp3) is 0.231. The smallest absolute Gasteiger partial charge is 0.347 e. The molecule has 0 aliphatic rings. The van der Waals surface area contributed by atoms with E-state index in [0.29, 0.717) is 10.6 Å². The Hall–Kier alpha value is -1.05. The number of hydrogen-bond acceptors (Lipinski definition) is 5. The van der Waals surface area contributed by atoms with E-state index in [1.54, 1.807) is 42.6 Å². The fourth-order valence-corrected chi connectivity index (χ4v) is 4.43. The van der Waals surface area contributed by atoms with Gasteiger partial charge in [0.15, 0.2) is 4.34 Å². The number of nitrogens with zero attached hydrogens (tertiary/aromatic N) is 1. The van der Waals surface area contributed by atoms with Gasteiger partial charge in [0.05, 0.1) is 5.69 Å². The van der Waals surface area contributed by atoms with Crippen molar-refractivity contribution in [3.63, 3.8) is 0 Å². The molecule has 3 nitrogen and oxygen atoms in total. The Kier molecular flexibility index (Phi) is 5.45. The van der Waals surface area contributed by atoms with E-state index in [4.69, 9.17) is 5.11 Å². The van der Waals surface area contributed by atoms with Gasteiger partial charge in [-0.15, -0.1) is 23.1 Å². The molecule has 0 spiro atoms. The first-order valence-corrected chi connectivity index (χ1v) is 8.57. The second-order valence-electron chi connectivity index (χ2n) is 3.85. The van der Waals surface area contributed by atoms with Gasteiger partial charge in [-0.05, 0) is 31.2 Å². The second-order valence-corrected chi connectivity index (χ2v) is 7.36. The van der Waals surface area contributed by atoms with Crippen molar-refractivity contribution >= 4 is 40.8 Å². The molecule has 2 rings (SSSR count). The maximum absolute atomic E-state index is 12.7. The van der Waals surface area contributed by atoms with Crippen molar-refractivity contribution in [2.75, 3.05) is 11.5 Å². The van der Waals surface area contributed by atoms with Gasteiger partial charge in [-0.1, -0.05) is 11.8 Å². The van der Waals surface area contributed by atoms with Crippen molar-refractivity contribution < 1.29 is 14.3 Å². The van der Waals surface area contributed by atoms with Crippen LogP contribution in [0.3, 0.4) is 0 Å². The summed E-state index contributed by atoms with van der Waals surface area (Å²) in [6, 6.07) is 6.39. The molecule has 20 heavy (non-hydrogen) atoms. The number of rotatable bonds is 6. The molecule has 2 aromatic rings. The number of aromatic carboxylic acids is 1. The highest BCUT2D eigenvalue weighted by Crippen LogP contribution is 2.28. The Morgan fingerprint density at radius 3 is 2.55 bits per heavy atom. The molecule has 0 unspecified atom stereocenters. The maximum atomic E-state index is 12.7. The molecule has 0 aliphatic carbocycles. The lowest BCUT2D eigenvalue weighted by Crippen LogP contribution is -1.94. The molecule has 0 radical (unpaired) electrons. The number of halogens is 1. The van der Waals surface area contributed by atoms with E-state index in [9.17, 15) is 9.18 Å². The minimum Gasteiger partial charge on any atom is -0.477 e. The van der Waals surface area contributed by atoms with E-state index in [0.717, 1.165) is 20.7 Å². The molecule has 0 aliphatic heterocycles. The van der Waals surface area contributed by atoms with E-state index in [1.165, 1.54) is 23.5 Å². The van der Waals surface area contributed by atoms with Gasteiger partial charge in [0.1, 0.15) is 10.7 Å². The molecule has 0 amide bonds. The normalized spacial score (nSPS) is 10.7. The SMILES string of the molecule is Cc1nc(SCCSc2ccc(F)cc2)sc1C(=O)O. The van der Waals surface area contributed by atoms with E-state index < -0.39 is 5.97 Å². The largest absolute Gasteiger partial charge is 0.477 e. The van der Waals surface area contributed by atoms with Crippen LogP contribution in [-0.2, 0) is 0 Å². The topological polar surface area (TPSA) is 50.2 Å². The molecule has 1 N–H and O–H groups in total. The van der Waals surface area contributed by atoms with Crippen LogP contribution in [0.4, 0.5) is 4.39 Å². The molecule has 0 saturated heterocycles. The molecule has 0 atom stereocenters. The maximum Gasteiger partial charge on any atom is 0.347 e. The molecule has 0 fully saturated rings. The molecule has 1 aromatic heterocycles. The highest BCUT2D eigenvalue weighted by molar-refractivity contribution is 8.03. The summed E-state index contributed by atoms with van der Waals surface area (Å²) in [4.78, 5) is 16.5. The molecule has 7 heteroatoms. The van der Waals surface area contributed by atoms with Crippen molar-refractivity contribution in [2.45, 2.75) is 16.2 Å². The molecular formula is C13H12FNO2S3. The standard InChI is InChI=1S/C13H12FNO2S3/c1-8-11(12(16)17)20-13(15-8)19-7-6-18-10-4-2-9(14)3-5-10/h2-5H,6-7H2,1H3,(H,16,17). The average molecular weight is 329 g/mol. The summed E-state index contributed by atoms with van der Waals surface area (Å²) < 4.78 is 13.5. The van der Waals surface area contributed by atoms with E-state index in [2.05, 4.69) is 4.98 Å². The van der Waals surface area contributed by atoms with Crippen molar-refractivity contribution in [2.24, 2.45) is 0 Å². The summed E-state index contributed by atoms with van der Waals surface area (Å²) in [6.45, 7) is 1.71. The third-order valence-corrected chi connectivity index (χ3v) is 5.92. The van der Waals surface area contributed by atoms with Crippen molar-refractivity contribution in [3.8, 4) is 0 Å². The minimum atomic E-state index is -0.924. The first-order chi connectivity index (χ1) is 9.56. The van der Waals surface area contributed by atoms with Gasteiger partial charge >= 0.3 is 5.97 Å². The number of carbonyl (C=O) groups is 1. The lowest BCUT2D eigenvalue weighted by atomic mass is 10.4. The van der Waals surface area contributed by atoms with Crippen LogP contribution < -0.4 is 0 Å². The summed E-state index contributed by atoms with van der Waals surface area (Å²) in [5.74, 6) is 0.529. The van der Waals surface area contributed by atoms with Crippen molar-refractivity contribution in [1.29, 1.82) is 0 Å². The van der Waals surface area contributed by atoms with Crippen LogP contribution >= 0.6 is 34.9 Å². The van der Waals surface area contributed by atoms with Crippen molar-refractivity contribution in [1.82, 2.24) is 4.98 Å².